The van der Waals surface area contributed by atoms with E-state index in [1.807, 2.05) is 30.3 Å². The van der Waals surface area contributed by atoms with Gasteiger partial charge >= 0.3 is 0 Å². The summed E-state index contributed by atoms with van der Waals surface area (Å²) >= 11 is 6.52. The number of benzene rings is 1. The summed E-state index contributed by atoms with van der Waals surface area (Å²) in [6, 6.07) is 9.23. The first-order valence-electron chi connectivity index (χ1n) is 7.04. The molecule has 0 spiro atoms. The van der Waals surface area contributed by atoms with Gasteiger partial charge in [0.1, 0.15) is 11.0 Å². The van der Waals surface area contributed by atoms with Crippen LogP contribution in [0.15, 0.2) is 54.1 Å². The molecule has 0 fully saturated rings. The molecule has 0 aliphatic carbocycles. The highest BCUT2D eigenvalue weighted by Crippen LogP contribution is 2.19. The van der Waals surface area contributed by atoms with Crippen LogP contribution in [0.5, 0.6) is 0 Å². The van der Waals surface area contributed by atoms with Crippen LogP contribution in [0.3, 0.4) is 0 Å². The molecule has 3 aromatic rings. The zero-order valence-electron chi connectivity index (χ0n) is 12.3. The number of allylic oxidation sites excluding steroid dienone is 1. The molecule has 1 N–H and O–H groups in total. The highest BCUT2D eigenvalue weighted by molar-refractivity contribution is 7.73. The van der Waals surface area contributed by atoms with E-state index in [1.165, 1.54) is 22.2 Å². The summed E-state index contributed by atoms with van der Waals surface area (Å²) < 4.78 is 4.29. The van der Waals surface area contributed by atoms with E-state index in [9.17, 15) is 9.90 Å². The Bertz CT molecular complexity index is 957. The molecule has 0 amide bonds. The van der Waals surface area contributed by atoms with Crippen LogP contribution in [0.1, 0.15) is 11.7 Å². The lowest BCUT2D eigenvalue weighted by molar-refractivity contribution is 0.155. The molecule has 0 bridgehead atoms. The Morgan fingerprint density at radius 2 is 2.13 bits per heavy atom. The van der Waals surface area contributed by atoms with Gasteiger partial charge in [-0.05, 0) is 17.8 Å². The van der Waals surface area contributed by atoms with Crippen molar-refractivity contribution >= 4 is 33.9 Å². The molecule has 7 heteroatoms. The fourth-order valence-corrected chi connectivity index (χ4v) is 3.67. The Morgan fingerprint density at radius 3 is 2.83 bits per heavy atom. The molecule has 1 unspecified atom stereocenters. The monoisotopic (exact) mass is 345 g/mol. The highest BCUT2D eigenvalue weighted by Gasteiger charge is 2.14. The van der Waals surface area contributed by atoms with E-state index in [2.05, 4.69) is 11.6 Å². The summed E-state index contributed by atoms with van der Waals surface area (Å²) in [5, 5.41) is 10.3. The number of hydrogen-bond acceptors (Lipinski definition) is 5. The third kappa shape index (κ3) is 3.03. The minimum atomic E-state index is -0.767. The first kappa shape index (κ1) is 15.8. The Morgan fingerprint density at radius 1 is 1.39 bits per heavy atom. The van der Waals surface area contributed by atoms with Crippen molar-refractivity contribution in [2.24, 2.45) is 0 Å². The lowest BCUT2D eigenvalue weighted by atomic mass is 10.1. The van der Waals surface area contributed by atoms with Gasteiger partial charge in [0.25, 0.3) is 5.56 Å². The molecule has 118 valence electrons. The predicted molar refractivity (Wildman–Crippen MR) is 94.3 cm³/mol. The summed E-state index contributed by atoms with van der Waals surface area (Å²) in [5.41, 5.74) is 1.13. The second-order valence-electron chi connectivity index (χ2n) is 5.05. The van der Waals surface area contributed by atoms with Crippen LogP contribution in [-0.4, -0.2) is 19.2 Å². The Kier molecular flexibility index (Phi) is 4.51. The van der Waals surface area contributed by atoms with Gasteiger partial charge in [0, 0.05) is 6.54 Å². The van der Waals surface area contributed by atoms with Gasteiger partial charge in [0.2, 0.25) is 0 Å². The number of nitrogens with zero attached hydrogens (tertiary/aromatic N) is 3. The molecule has 5 nitrogen and oxygen atoms in total. The summed E-state index contributed by atoms with van der Waals surface area (Å²) in [6.45, 7) is 4.36. The van der Waals surface area contributed by atoms with E-state index in [1.54, 1.807) is 10.6 Å². The van der Waals surface area contributed by atoms with Crippen LogP contribution in [0.25, 0.3) is 10.3 Å². The van der Waals surface area contributed by atoms with Gasteiger partial charge in [0.15, 0.2) is 9.60 Å². The van der Waals surface area contributed by atoms with Crippen LogP contribution in [0.2, 0.25) is 0 Å². The number of aromatic nitrogens is 3. The lowest BCUT2D eigenvalue weighted by Gasteiger charge is -2.12. The number of rotatable bonds is 5. The third-order valence-electron chi connectivity index (χ3n) is 3.51. The summed E-state index contributed by atoms with van der Waals surface area (Å²) in [6.07, 6.45) is 2.41. The number of aliphatic hydroxyl groups is 1. The molecule has 0 radical (unpaired) electrons. The highest BCUT2D eigenvalue weighted by atomic mass is 32.1. The first-order valence-corrected chi connectivity index (χ1v) is 8.27. The van der Waals surface area contributed by atoms with E-state index >= 15 is 0 Å². The summed E-state index contributed by atoms with van der Waals surface area (Å²) in [5.74, 6) is 0. The standard InChI is InChI=1S/C16H15N3O2S2/c1-2-8-19-14-13(23-16(19)22)15(21)18(10-17-14)9-12(20)11-6-4-3-5-7-11/h2-7,10,12,20H,1,8-9H2. The lowest BCUT2D eigenvalue weighted by Crippen LogP contribution is -2.23. The van der Waals surface area contributed by atoms with Crippen molar-refractivity contribution in [3.63, 3.8) is 0 Å². The largest absolute Gasteiger partial charge is 0.387 e. The minimum absolute atomic E-state index is 0.151. The van der Waals surface area contributed by atoms with Crippen LogP contribution in [-0.2, 0) is 13.1 Å². The zero-order valence-corrected chi connectivity index (χ0v) is 13.9. The van der Waals surface area contributed by atoms with E-state index in [4.69, 9.17) is 12.2 Å². The topological polar surface area (TPSA) is 60.0 Å². The second kappa shape index (κ2) is 6.57. The van der Waals surface area contributed by atoms with E-state index in [0.717, 1.165) is 5.56 Å². The molecule has 23 heavy (non-hydrogen) atoms. The maximum Gasteiger partial charge on any atom is 0.273 e. The molecule has 3 rings (SSSR count). The Hall–Kier alpha value is -2.09. The molecule has 0 aliphatic heterocycles. The van der Waals surface area contributed by atoms with Gasteiger partial charge in [-0.1, -0.05) is 47.7 Å². The van der Waals surface area contributed by atoms with Gasteiger partial charge in [-0.25, -0.2) is 4.98 Å². The maximum absolute atomic E-state index is 12.6. The summed E-state index contributed by atoms with van der Waals surface area (Å²) in [4.78, 5) is 16.9. The molecule has 0 saturated carbocycles. The first-order chi connectivity index (χ1) is 11.1. The van der Waals surface area contributed by atoms with Crippen molar-refractivity contribution in [2.75, 3.05) is 0 Å². The van der Waals surface area contributed by atoms with Gasteiger partial charge in [-0.3, -0.25) is 9.36 Å². The van der Waals surface area contributed by atoms with E-state index in [0.29, 0.717) is 20.8 Å². The van der Waals surface area contributed by atoms with Crippen molar-refractivity contribution in [1.29, 1.82) is 0 Å². The van der Waals surface area contributed by atoms with Crippen molar-refractivity contribution in [3.05, 3.63) is 69.2 Å². The molecule has 2 aromatic heterocycles. The van der Waals surface area contributed by atoms with Gasteiger partial charge in [-0.15, -0.1) is 6.58 Å². The van der Waals surface area contributed by atoms with Crippen LogP contribution < -0.4 is 5.56 Å². The molecular formula is C16H15N3O2S2. The van der Waals surface area contributed by atoms with Crippen molar-refractivity contribution in [1.82, 2.24) is 14.1 Å². The van der Waals surface area contributed by atoms with Crippen molar-refractivity contribution < 1.29 is 5.11 Å². The minimum Gasteiger partial charge on any atom is -0.387 e. The molecular weight excluding hydrogens is 330 g/mol. The quantitative estimate of drug-likeness (QED) is 0.570. The molecule has 1 atom stereocenters. The van der Waals surface area contributed by atoms with Gasteiger partial charge in [0.05, 0.1) is 12.6 Å². The summed E-state index contributed by atoms with van der Waals surface area (Å²) in [7, 11) is 0. The normalized spacial score (nSPS) is 12.4. The fourth-order valence-electron chi connectivity index (χ4n) is 2.36. The van der Waals surface area contributed by atoms with Gasteiger partial charge < -0.3 is 9.67 Å². The van der Waals surface area contributed by atoms with Gasteiger partial charge in [-0.2, -0.15) is 0 Å². The van der Waals surface area contributed by atoms with E-state index < -0.39 is 6.10 Å². The Balaban J connectivity index is 2.00. The molecule has 2 heterocycles. The third-order valence-corrected chi connectivity index (χ3v) is 4.94. The number of hydrogen-bond donors (Lipinski definition) is 1. The SMILES string of the molecule is C=CCn1c(=S)sc2c(=O)n(CC(O)c3ccccc3)cnc21. The maximum atomic E-state index is 12.6. The van der Waals surface area contributed by atoms with Crippen LogP contribution >= 0.6 is 23.6 Å². The van der Waals surface area contributed by atoms with Crippen LogP contribution in [0.4, 0.5) is 0 Å². The second-order valence-corrected chi connectivity index (χ2v) is 6.69. The number of aliphatic hydroxyl groups excluding tert-OH is 1. The number of fused-ring (bicyclic) bond motifs is 1. The molecule has 0 saturated heterocycles. The average Bonchev–Trinajstić information content (AvgIpc) is 2.88. The number of thiazole rings is 1. The fraction of sp³-hybridized carbons (Fsp3) is 0.188. The van der Waals surface area contributed by atoms with Crippen LogP contribution in [0, 0.1) is 3.95 Å². The molecule has 1 aromatic carbocycles. The smallest absolute Gasteiger partial charge is 0.273 e. The Labute approximate surface area is 141 Å². The van der Waals surface area contributed by atoms with E-state index in [-0.39, 0.29) is 12.1 Å². The zero-order chi connectivity index (χ0) is 16.4. The predicted octanol–water partition coefficient (Wildman–Crippen LogP) is 2.91. The molecule has 0 aliphatic rings. The van der Waals surface area contributed by atoms with Crippen molar-refractivity contribution in [2.45, 2.75) is 19.2 Å². The van der Waals surface area contributed by atoms with Crippen molar-refractivity contribution in [3.8, 4) is 0 Å². The average molecular weight is 345 g/mol.